The molecule has 7 heteroatoms. The Morgan fingerprint density at radius 2 is 1.70 bits per heavy atom. The highest BCUT2D eigenvalue weighted by atomic mass is 16.5. The zero-order chi connectivity index (χ0) is 21.1. The lowest BCUT2D eigenvalue weighted by Crippen LogP contribution is -2.20. The van der Waals surface area contributed by atoms with Crippen LogP contribution < -0.4 is 15.0 Å². The average Bonchev–Trinajstić information content (AvgIpc) is 2.79. The van der Waals surface area contributed by atoms with Crippen molar-refractivity contribution < 1.29 is 14.6 Å². The van der Waals surface area contributed by atoms with Crippen LogP contribution in [-0.4, -0.2) is 35.1 Å². The van der Waals surface area contributed by atoms with Gasteiger partial charge in [-0.2, -0.15) is 0 Å². The zero-order valence-corrected chi connectivity index (χ0v) is 16.4. The Balaban J connectivity index is 1.98. The standard InChI is InChI=1S/C23H19N3O4/c1-29-19-11-10-15(13-20(19)30-2)26-22(27)17-8-4-3-7-16(17)18(23(26)28)14-25-21-9-5-6-12-24-21/h3-14,28H,1-2H3. The van der Waals surface area contributed by atoms with E-state index in [4.69, 9.17) is 9.47 Å². The van der Waals surface area contributed by atoms with Crippen molar-refractivity contribution in [2.45, 2.75) is 0 Å². The average molecular weight is 401 g/mol. The second kappa shape index (κ2) is 8.08. The van der Waals surface area contributed by atoms with Crippen LogP contribution in [0, 0.1) is 0 Å². The first-order valence-electron chi connectivity index (χ1n) is 9.18. The molecule has 0 atom stereocenters. The Morgan fingerprint density at radius 1 is 0.967 bits per heavy atom. The second-order valence-electron chi connectivity index (χ2n) is 6.41. The summed E-state index contributed by atoms with van der Waals surface area (Å²) in [7, 11) is 3.04. The van der Waals surface area contributed by atoms with Crippen molar-refractivity contribution in [2.75, 3.05) is 14.2 Å². The topological polar surface area (TPSA) is 85.9 Å². The van der Waals surface area contributed by atoms with Crippen molar-refractivity contribution >= 4 is 22.8 Å². The van der Waals surface area contributed by atoms with Crippen LogP contribution in [-0.2, 0) is 0 Å². The molecule has 4 rings (SSSR count). The summed E-state index contributed by atoms with van der Waals surface area (Å²) in [6.07, 6.45) is 3.14. The van der Waals surface area contributed by atoms with E-state index in [-0.39, 0.29) is 11.4 Å². The Kier molecular flexibility index (Phi) is 5.17. The molecule has 0 saturated heterocycles. The van der Waals surface area contributed by atoms with E-state index >= 15 is 0 Å². The summed E-state index contributed by atoms with van der Waals surface area (Å²) < 4.78 is 11.8. The van der Waals surface area contributed by atoms with Gasteiger partial charge in [0.1, 0.15) is 0 Å². The summed E-state index contributed by atoms with van der Waals surface area (Å²) in [5.41, 5.74) is 0.490. The third-order valence-corrected chi connectivity index (χ3v) is 4.70. The minimum absolute atomic E-state index is 0.231. The number of hydrogen-bond donors (Lipinski definition) is 1. The van der Waals surface area contributed by atoms with E-state index in [0.29, 0.717) is 39.3 Å². The molecule has 0 saturated carbocycles. The minimum Gasteiger partial charge on any atom is -0.494 e. The number of methoxy groups -OCH3 is 2. The van der Waals surface area contributed by atoms with E-state index in [2.05, 4.69) is 9.98 Å². The van der Waals surface area contributed by atoms with E-state index in [0.717, 1.165) is 0 Å². The van der Waals surface area contributed by atoms with Crippen molar-refractivity contribution in [1.82, 2.24) is 9.55 Å². The van der Waals surface area contributed by atoms with Gasteiger partial charge in [0.25, 0.3) is 5.56 Å². The van der Waals surface area contributed by atoms with Crippen LogP contribution in [0.1, 0.15) is 5.56 Å². The van der Waals surface area contributed by atoms with Gasteiger partial charge in [-0.3, -0.25) is 4.79 Å². The van der Waals surface area contributed by atoms with Gasteiger partial charge in [-0.05, 0) is 30.3 Å². The molecular weight excluding hydrogens is 382 g/mol. The van der Waals surface area contributed by atoms with Gasteiger partial charge in [0.15, 0.2) is 17.3 Å². The first kappa shape index (κ1) is 19.2. The molecule has 0 unspecified atom stereocenters. The Labute approximate surface area is 172 Å². The van der Waals surface area contributed by atoms with Crippen molar-refractivity contribution in [3.8, 4) is 23.1 Å². The van der Waals surface area contributed by atoms with Gasteiger partial charge in [0.05, 0.1) is 25.5 Å². The fourth-order valence-electron chi connectivity index (χ4n) is 3.25. The number of benzene rings is 2. The van der Waals surface area contributed by atoms with Crippen LogP contribution in [0.4, 0.5) is 5.82 Å². The number of rotatable bonds is 5. The first-order chi connectivity index (χ1) is 14.6. The molecule has 0 spiro atoms. The molecule has 0 aliphatic heterocycles. The molecule has 30 heavy (non-hydrogen) atoms. The molecule has 1 N–H and O–H groups in total. The molecule has 0 fully saturated rings. The highest BCUT2D eigenvalue weighted by Crippen LogP contribution is 2.32. The summed E-state index contributed by atoms with van der Waals surface area (Å²) in [5, 5.41) is 12.1. The monoisotopic (exact) mass is 401 g/mol. The molecule has 0 bridgehead atoms. The Bertz CT molecular complexity index is 1300. The zero-order valence-electron chi connectivity index (χ0n) is 16.4. The van der Waals surface area contributed by atoms with Crippen LogP contribution in [0.3, 0.4) is 0 Å². The van der Waals surface area contributed by atoms with Crippen molar-refractivity contribution in [3.63, 3.8) is 0 Å². The summed E-state index contributed by atoms with van der Waals surface area (Å²) in [6.45, 7) is 0. The van der Waals surface area contributed by atoms with Crippen molar-refractivity contribution in [1.29, 1.82) is 0 Å². The normalized spacial score (nSPS) is 11.1. The third-order valence-electron chi connectivity index (χ3n) is 4.70. The van der Waals surface area contributed by atoms with Gasteiger partial charge in [-0.25, -0.2) is 14.5 Å². The second-order valence-corrected chi connectivity index (χ2v) is 6.41. The molecule has 0 aliphatic carbocycles. The number of aromatic hydroxyl groups is 1. The van der Waals surface area contributed by atoms with E-state index in [1.807, 2.05) is 6.07 Å². The van der Waals surface area contributed by atoms with Gasteiger partial charge < -0.3 is 14.6 Å². The summed E-state index contributed by atoms with van der Waals surface area (Å²) >= 11 is 0. The number of hydrogen-bond acceptors (Lipinski definition) is 6. The fraction of sp³-hybridized carbons (Fsp3) is 0.0870. The van der Waals surface area contributed by atoms with Gasteiger partial charge in [0, 0.05) is 29.3 Å². The predicted octanol–water partition coefficient (Wildman–Crippen LogP) is 3.86. The lowest BCUT2D eigenvalue weighted by Gasteiger charge is -2.15. The molecule has 0 radical (unpaired) electrons. The van der Waals surface area contributed by atoms with Gasteiger partial charge in [-0.1, -0.05) is 24.3 Å². The SMILES string of the molecule is COc1ccc(-n2c(O)c(C=Nc3ccccn3)c3ccccc3c2=O)cc1OC. The largest absolute Gasteiger partial charge is 0.494 e. The smallest absolute Gasteiger partial charge is 0.265 e. The van der Waals surface area contributed by atoms with Crippen molar-refractivity contribution in [3.05, 3.63) is 82.8 Å². The minimum atomic E-state index is -0.356. The highest BCUT2D eigenvalue weighted by molar-refractivity contribution is 6.02. The first-order valence-corrected chi connectivity index (χ1v) is 9.18. The van der Waals surface area contributed by atoms with E-state index < -0.39 is 0 Å². The number of ether oxygens (including phenoxy) is 2. The van der Waals surface area contributed by atoms with Gasteiger partial charge >= 0.3 is 0 Å². The third kappa shape index (κ3) is 3.37. The molecule has 2 aromatic heterocycles. The van der Waals surface area contributed by atoms with Gasteiger partial charge in [0.2, 0.25) is 5.88 Å². The van der Waals surface area contributed by atoms with E-state index in [9.17, 15) is 9.90 Å². The fourth-order valence-corrected chi connectivity index (χ4v) is 3.25. The number of fused-ring (bicyclic) bond motifs is 1. The maximum atomic E-state index is 13.2. The predicted molar refractivity (Wildman–Crippen MR) is 116 cm³/mol. The van der Waals surface area contributed by atoms with Crippen LogP contribution in [0.15, 0.2) is 76.6 Å². The van der Waals surface area contributed by atoms with Crippen LogP contribution in [0.5, 0.6) is 17.4 Å². The van der Waals surface area contributed by atoms with Gasteiger partial charge in [-0.15, -0.1) is 0 Å². The summed E-state index contributed by atoms with van der Waals surface area (Å²) in [6, 6.07) is 17.4. The molecule has 2 heterocycles. The highest BCUT2D eigenvalue weighted by Gasteiger charge is 2.17. The molecule has 0 amide bonds. The van der Waals surface area contributed by atoms with E-state index in [1.54, 1.807) is 60.8 Å². The molecule has 7 nitrogen and oxygen atoms in total. The lowest BCUT2D eigenvalue weighted by atomic mass is 10.1. The Hall–Kier alpha value is -4.13. The molecule has 2 aromatic carbocycles. The lowest BCUT2D eigenvalue weighted by molar-refractivity contribution is 0.354. The number of aromatic nitrogens is 2. The van der Waals surface area contributed by atoms with Crippen molar-refractivity contribution in [2.24, 2.45) is 4.99 Å². The van der Waals surface area contributed by atoms with Crippen LogP contribution >= 0.6 is 0 Å². The number of aliphatic imine (C=N–C) groups is 1. The number of pyridine rings is 2. The molecule has 0 aliphatic rings. The molecule has 4 aromatic rings. The number of nitrogens with zero attached hydrogens (tertiary/aromatic N) is 3. The van der Waals surface area contributed by atoms with E-state index in [1.165, 1.54) is 25.0 Å². The Morgan fingerprint density at radius 3 is 2.40 bits per heavy atom. The van der Waals surface area contributed by atoms with Crippen LogP contribution in [0.25, 0.3) is 16.5 Å². The maximum absolute atomic E-state index is 13.2. The summed E-state index contributed by atoms with van der Waals surface area (Å²) in [4.78, 5) is 21.7. The summed E-state index contributed by atoms with van der Waals surface area (Å²) in [5.74, 6) is 1.22. The van der Waals surface area contributed by atoms with Crippen LogP contribution in [0.2, 0.25) is 0 Å². The molecule has 150 valence electrons. The maximum Gasteiger partial charge on any atom is 0.265 e. The quantitative estimate of drug-likeness (QED) is 0.513. The molecular formula is C23H19N3O4.